The van der Waals surface area contributed by atoms with Crippen molar-refractivity contribution in [2.75, 3.05) is 10.0 Å². The van der Waals surface area contributed by atoms with E-state index in [-0.39, 0.29) is 0 Å². The Morgan fingerprint density at radius 3 is 1.42 bits per heavy atom. The zero-order valence-corrected chi connectivity index (χ0v) is 19.9. The van der Waals surface area contributed by atoms with E-state index in [4.69, 9.17) is 0 Å². The van der Waals surface area contributed by atoms with Crippen LogP contribution in [0.2, 0.25) is 0 Å². The number of rotatable bonds is 6. The summed E-state index contributed by atoms with van der Waals surface area (Å²) in [5.74, 6) is 0. The third-order valence-electron chi connectivity index (χ3n) is 6.39. The van der Waals surface area contributed by atoms with Crippen LogP contribution in [0, 0.1) is 0 Å². The Hall–Kier alpha value is -4.82. The van der Waals surface area contributed by atoms with E-state index < -0.39 is 0 Å². The number of anilines is 4. The Labute approximate surface area is 212 Å². The molecular formula is C34H26N2. The topological polar surface area (TPSA) is 6.48 Å². The van der Waals surface area contributed by atoms with E-state index >= 15 is 0 Å². The minimum Gasteiger partial charge on any atom is -0.249 e. The number of para-hydroxylation sites is 4. The number of fused-ring (bicyclic) bond motifs is 1. The first-order chi connectivity index (χ1) is 17.9. The zero-order chi connectivity index (χ0) is 24.2. The van der Waals surface area contributed by atoms with Crippen molar-refractivity contribution < 1.29 is 0 Å². The smallest absolute Gasteiger partial charge is 0.0715 e. The van der Waals surface area contributed by atoms with Gasteiger partial charge in [0.25, 0.3) is 0 Å². The van der Waals surface area contributed by atoms with Crippen LogP contribution in [0.3, 0.4) is 0 Å². The van der Waals surface area contributed by atoms with Crippen LogP contribution in [0.5, 0.6) is 0 Å². The van der Waals surface area contributed by atoms with Gasteiger partial charge in [-0.05, 0) is 64.9 Å². The van der Waals surface area contributed by atoms with Gasteiger partial charge in [-0.3, -0.25) is 0 Å². The molecule has 0 unspecified atom stereocenters. The summed E-state index contributed by atoms with van der Waals surface area (Å²) in [6, 6.07) is 55.5. The molecule has 0 fully saturated rings. The Morgan fingerprint density at radius 2 is 0.806 bits per heavy atom. The summed E-state index contributed by atoms with van der Waals surface area (Å²) in [6.45, 7) is 0. The van der Waals surface area contributed by atoms with Crippen molar-refractivity contribution in [3.63, 3.8) is 0 Å². The normalized spacial score (nSPS) is 10.8. The third-order valence-corrected chi connectivity index (χ3v) is 6.39. The molecule has 0 aliphatic carbocycles. The molecule has 0 radical (unpaired) electrons. The highest BCUT2D eigenvalue weighted by Gasteiger charge is 2.23. The summed E-state index contributed by atoms with van der Waals surface area (Å²) in [5, 5.41) is 7.08. The van der Waals surface area contributed by atoms with Crippen molar-refractivity contribution in [1.29, 1.82) is 0 Å². The fourth-order valence-electron chi connectivity index (χ4n) is 4.71. The molecule has 0 saturated carbocycles. The lowest BCUT2D eigenvalue weighted by Gasteiger charge is -2.39. The molecule has 0 aliphatic rings. The Bertz CT molecular complexity index is 1540. The molecule has 0 atom stereocenters. The fraction of sp³-hybridized carbons (Fsp3) is 0. The second kappa shape index (κ2) is 9.81. The largest absolute Gasteiger partial charge is 0.249 e. The van der Waals surface area contributed by atoms with Gasteiger partial charge in [-0.2, -0.15) is 0 Å². The summed E-state index contributed by atoms with van der Waals surface area (Å²) in [6.07, 6.45) is 0. The molecule has 36 heavy (non-hydrogen) atoms. The van der Waals surface area contributed by atoms with Crippen molar-refractivity contribution in [1.82, 2.24) is 0 Å². The number of benzene rings is 6. The summed E-state index contributed by atoms with van der Waals surface area (Å²) in [4.78, 5) is 0. The van der Waals surface area contributed by atoms with Crippen molar-refractivity contribution in [3.8, 4) is 11.1 Å². The number of hydrogen-bond donors (Lipinski definition) is 0. The van der Waals surface area contributed by atoms with Crippen LogP contribution < -0.4 is 10.0 Å². The van der Waals surface area contributed by atoms with Crippen molar-refractivity contribution in [2.45, 2.75) is 0 Å². The van der Waals surface area contributed by atoms with Crippen LogP contribution in [0.1, 0.15) is 0 Å². The number of nitrogens with zero attached hydrogens (tertiary/aromatic N) is 2. The molecule has 0 saturated heterocycles. The Balaban J connectivity index is 1.60. The van der Waals surface area contributed by atoms with E-state index in [1.165, 1.54) is 21.9 Å². The summed E-state index contributed by atoms with van der Waals surface area (Å²) < 4.78 is 0. The van der Waals surface area contributed by atoms with Gasteiger partial charge in [0.1, 0.15) is 0 Å². The molecule has 0 N–H and O–H groups in total. The standard InChI is InChI=1S/C34H26N2/c1-4-16-30(17-5-1)35(31-18-6-2-7-19-31)36(32-20-8-3-9-21-32)34-23-13-12-22-33(34)29-25-24-27-14-10-11-15-28(27)26-29/h1-26H. The second-order valence-corrected chi connectivity index (χ2v) is 8.71. The number of hydrogen-bond acceptors (Lipinski definition) is 2. The highest BCUT2D eigenvalue weighted by Crippen LogP contribution is 2.41. The molecular weight excluding hydrogens is 436 g/mol. The maximum absolute atomic E-state index is 2.31. The van der Waals surface area contributed by atoms with Crippen LogP contribution >= 0.6 is 0 Å². The lowest BCUT2D eigenvalue weighted by molar-refractivity contribution is 0.991. The first-order valence-electron chi connectivity index (χ1n) is 12.2. The highest BCUT2D eigenvalue weighted by atomic mass is 15.6. The van der Waals surface area contributed by atoms with Crippen LogP contribution in [0.4, 0.5) is 22.7 Å². The molecule has 0 spiro atoms. The van der Waals surface area contributed by atoms with Crippen LogP contribution in [0.25, 0.3) is 21.9 Å². The van der Waals surface area contributed by atoms with E-state index in [1.54, 1.807) is 0 Å². The molecule has 6 rings (SSSR count). The van der Waals surface area contributed by atoms with Gasteiger partial charge in [-0.15, -0.1) is 0 Å². The Morgan fingerprint density at radius 1 is 0.333 bits per heavy atom. The molecule has 172 valence electrons. The average Bonchev–Trinajstić information content (AvgIpc) is 2.97. The average molecular weight is 463 g/mol. The molecule has 0 heterocycles. The molecule has 0 aliphatic heterocycles. The van der Waals surface area contributed by atoms with E-state index in [9.17, 15) is 0 Å². The quantitative estimate of drug-likeness (QED) is 0.227. The minimum atomic E-state index is 1.08. The maximum Gasteiger partial charge on any atom is 0.0715 e. The highest BCUT2D eigenvalue weighted by molar-refractivity contribution is 5.92. The second-order valence-electron chi connectivity index (χ2n) is 8.71. The molecule has 0 bridgehead atoms. The SMILES string of the molecule is c1ccc(N(c2ccccc2)N(c2ccccc2)c2ccccc2-c2ccc3ccccc3c2)cc1. The first kappa shape index (κ1) is 21.7. The van der Waals surface area contributed by atoms with Crippen molar-refractivity contribution >= 4 is 33.5 Å². The van der Waals surface area contributed by atoms with Gasteiger partial charge in [0.2, 0.25) is 0 Å². The minimum absolute atomic E-state index is 1.08. The van der Waals surface area contributed by atoms with Crippen LogP contribution in [0.15, 0.2) is 158 Å². The van der Waals surface area contributed by atoms with E-state index in [2.05, 4.69) is 168 Å². The summed E-state index contributed by atoms with van der Waals surface area (Å²) in [5.41, 5.74) is 6.71. The van der Waals surface area contributed by atoms with Gasteiger partial charge < -0.3 is 0 Å². The third kappa shape index (κ3) is 4.21. The predicted octanol–water partition coefficient (Wildman–Crippen LogP) is 9.40. The molecule has 6 aromatic rings. The molecule has 2 heteroatoms. The lowest BCUT2D eigenvalue weighted by Crippen LogP contribution is -2.36. The van der Waals surface area contributed by atoms with Gasteiger partial charge in [0.15, 0.2) is 0 Å². The first-order valence-corrected chi connectivity index (χ1v) is 12.2. The molecule has 6 aromatic carbocycles. The molecule has 0 amide bonds. The molecule has 0 aromatic heterocycles. The van der Waals surface area contributed by atoms with Gasteiger partial charge in [-0.1, -0.05) is 109 Å². The van der Waals surface area contributed by atoms with E-state index in [0.29, 0.717) is 0 Å². The van der Waals surface area contributed by atoms with Gasteiger partial charge in [0, 0.05) is 5.56 Å². The van der Waals surface area contributed by atoms with Crippen LogP contribution in [-0.4, -0.2) is 0 Å². The monoisotopic (exact) mass is 462 g/mol. The molecule has 2 nitrogen and oxygen atoms in total. The fourth-order valence-corrected chi connectivity index (χ4v) is 4.71. The zero-order valence-electron chi connectivity index (χ0n) is 19.9. The summed E-state index contributed by atoms with van der Waals surface area (Å²) in [7, 11) is 0. The predicted molar refractivity (Wildman–Crippen MR) is 153 cm³/mol. The van der Waals surface area contributed by atoms with Crippen LogP contribution in [-0.2, 0) is 0 Å². The van der Waals surface area contributed by atoms with Gasteiger partial charge in [-0.25, -0.2) is 10.0 Å². The van der Waals surface area contributed by atoms with Crippen molar-refractivity contribution in [3.05, 3.63) is 158 Å². The van der Waals surface area contributed by atoms with Gasteiger partial charge >= 0.3 is 0 Å². The Kier molecular flexibility index (Phi) is 5.91. The number of hydrazine groups is 1. The van der Waals surface area contributed by atoms with E-state index in [0.717, 1.165) is 22.7 Å². The van der Waals surface area contributed by atoms with E-state index in [1.807, 2.05) is 0 Å². The summed E-state index contributed by atoms with van der Waals surface area (Å²) >= 11 is 0. The maximum atomic E-state index is 2.31. The van der Waals surface area contributed by atoms with Gasteiger partial charge in [0.05, 0.1) is 22.7 Å². The lowest BCUT2D eigenvalue weighted by atomic mass is 9.99. The van der Waals surface area contributed by atoms with Crippen molar-refractivity contribution in [2.24, 2.45) is 0 Å².